The van der Waals surface area contributed by atoms with Gasteiger partial charge in [0.25, 0.3) is 0 Å². The molecule has 0 aliphatic rings. The zero-order valence-corrected chi connectivity index (χ0v) is 7.89. The Morgan fingerprint density at radius 2 is 2.18 bits per heavy atom. The molecule has 0 N–H and O–H groups in total. The van der Waals surface area contributed by atoms with Crippen molar-refractivity contribution in [2.45, 2.75) is 33.1 Å². The molecule has 0 aromatic carbocycles. The van der Waals surface area contributed by atoms with Gasteiger partial charge in [0.1, 0.15) is 0 Å². The van der Waals surface area contributed by atoms with E-state index in [9.17, 15) is 0 Å². The summed E-state index contributed by atoms with van der Waals surface area (Å²) in [5.41, 5.74) is 1.21. The van der Waals surface area contributed by atoms with E-state index in [1.54, 1.807) is 7.11 Å². The predicted molar refractivity (Wildman–Crippen MR) is 49.4 cm³/mol. The Morgan fingerprint density at radius 1 is 1.45 bits per heavy atom. The Bertz CT molecular complexity index is 110. The van der Waals surface area contributed by atoms with Crippen LogP contribution in [0.3, 0.4) is 0 Å². The fourth-order valence-electron chi connectivity index (χ4n) is 0.757. The van der Waals surface area contributed by atoms with Gasteiger partial charge in [0, 0.05) is 25.8 Å². The number of rotatable bonds is 6. The lowest BCUT2D eigenvalue weighted by Gasteiger charge is -1.98. The Hall–Kier alpha value is -0.370. The van der Waals surface area contributed by atoms with Crippen molar-refractivity contribution in [3.8, 4) is 0 Å². The highest BCUT2D eigenvalue weighted by Gasteiger charge is 1.89. The van der Waals surface area contributed by atoms with Crippen LogP contribution >= 0.6 is 0 Å². The van der Waals surface area contributed by atoms with E-state index < -0.39 is 0 Å². The van der Waals surface area contributed by atoms with Crippen LogP contribution in [-0.4, -0.2) is 26.0 Å². The van der Waals surface area contributed by atoms with Gasteiger partial charge < -0.3 is 4.74 Å². The fraction of sp³-hybridized carbons (Fsp3) is 0.889. The van der Waals surface area contributed by atoms with Gasteiger partial charge in [0.15, 0.2) is 0 Å². The largest absolute Gasteiger partial charge is 0.384 e. The molecular formula is C9H19NO. The SMILES string of the molecule is CCCCN=C(C)CCOC. The van der Waals surface area contributed by atoms with Crippen LogP contribution in [0.1, 0.15) is 33.1 Å². The first-order valence-electron chi connectivity index (χ1n) is 4.30. The highest BCUT2D eigenvalue weighted by atomic mass is 16.5. The Labute approximate surface area is 69.7 Å². The zero-order valence-electron chi connectivity index (χ0n) is 7.89. The number of unbranched alkanes of at least 4 members (excludes halogenated alkanes) is 1. The van der Waals surface area contributed by atoms with Crippen molar-refractivity contribution in [1.29, 1.82) is 0 Å². The maximum absolute atomic E-state index is 4.94. The molecule has 0 atom stereocenters. The van der Waals surface area contributed by atoms with Crippen molar-refractivity contribution in [3.05, 3.63) is 0 Å². The molecule has 0 rings (SSSR count). The van der Waals surface area contributed by atoms with Crippen LogP contribution < -0.4 is 0 Å². The molecular weight excluding hydrogens is 138 g/mol. The average Bonchev–Trinajstić information content (AvgIpc) is 2.01. The minimum atomic E-state index is 0.793. The Balaban J connectivity index is 3.30. The van der Waals surface area contributed by atoms with E-state index in [4.69, 9.17) is 4.74 Å². The fourth-order valence-corrected chi connectivity index (χ4v) is 0.757. The molecule has 0 unspecified atom stereocenters. The van der Waals surface area contributed by atoms with Gasteiger partial charge in [-0.1, -0.05) is 13.3 Å². The van der Waals surface area contributed by atoms with Crippen molar-refractivity contribution < 1.29 is 4.74 Å². The van der Waals surface area contributed by atoms with E-state index in [-0.39, 0.29) is 0 Å². The maximum atomic E-state index is 4.94. The van der Waals surface area contributed by atoms with Gasteiger partial charge in [-0.15, -0.1) is 0 Å². The second kappa shape index (κ2) is 7.73. The molecule has 0 fully saturated rings. The zero-order chi connectivity index (χ0) is 8.53. The Kier molecular flexibility index (Phi) is 7.47. The topological polar surface area (TPSA) is 21.6 Å². The molecule has 0 aliphatic heterocycles. The molecule has 0 amide bonds. The quantitative estimate of drug-likeness (QED) is 0.428. The smallest absolute Gasteiger partial charge is 0.0514 e. The maximum Gasteiger partial charge on any atom is 0.0514 e. The summed E-state index contributed by atoms with van der Waals surface area (Å²) in [6.45, 7) is 6.02. The summed E-state index contributed by atoms with van der Waals surface area (Å²) in [7, 11) is 1.72. The number of nitrogens with zero attached hydrogens (tertiary/aromatic N) is 1. The highest BCUT2D eigenvalue weighted by Crippen LogP contribution is 1.91. The summed E-state index contributed by atoms with van der Waals surface area (Å²) in [5.74, 6) is 0. The molecule has 2 nitrogen and oxygen atoms in total. The molecule has 0 spiro atoms. The lowest BCUT2D eigenvalue weighted by molar-refractivity contribution is 0.207. The van der Waals surface area contributed by atoms with Crippen LogP contribution in [0.5, 0.6) is 0 Å². The van der Waals surface area contributed by atoms with Gasteiger partial charge in [-0.3, -0.25) is 4.99 Å². The molecule has 11 heavy (non-hydrogen) atoms. The normalized spacial score (nSPS) is 12.1. The van der Waals surface area contributed by atoms with Gasteiger partial charge in [-0.05, 0) is 13.3 Å². The average molecular weight is 157 g/mol. The van der Waals surface area contributed by atoms with Gasteiger partial charge in [-0.2, -0.15) is 0 Å². The number of ether oxygens (including phenoxy) is 1. The lowest BCUT2D eigenvalue weighted by atomic mass is 10.3. The third-order valence-corrected chi connectivity index (χ3v) is 1.56. The third kappa shape index (κ3) is 7.53. The third-order valence-electron chi connectivity index (χ3n) is 1.56. The summed E-state index contributed by atoms with van der Waals surface area (Å²) in [5, 5.41) is 0. The van der Waals surface area contributed by atoms with Gasteiger partial charge in [0.05, 0.1) is 6.61 Å². The first kappa shape index (κ1) is 10.6. The van der Waals surface area contributed by atoms with E-state index in [0.29, 0.717) is 0 Å². The molecule has 0 radical (unpaired) electrons. The molecule has 0 saturated heterocycles. The molecule has 0 aromatic heterocycles. The van der Waals surface area contributed by atoms with Crippen LogP contribution in [0.15, 0.2) is 4.99 Å². The van der Waals surface area contributed by atoms with Crippen molar-refractivity contribution >= 4 is 5.71 Å². The second-order valence-electron chi connectivity index (χ2n) is 2.71. The van der Waals surface area contributed by atoms with Crippen molar-refractivity contribution in [1.82, 2.24) is 0 Å². The second-order valence-corrected chi connectivity index (χ2v) is 2.71. The summed E-state index contributed by atoms with van der Waals surface area (Å²) in [4.78, 5) is 4.39. The van der Waals surface area contributed by atoms with E-state index in [0.717, 1.165) is 19.6 Å². The summed E-state index contributed by atoms with van der Waals surface area (Å²) < 4.78 is 4.94. The van der Waals surface area contributed by atoms with Crippen LogP contribution in [0, 0.1) is 0 Å². The summed E-state index contributed by atoms with van der Waals surface area (Å²) >= 11 is 0. The Morgan fingerprint density at radius 3 is 2.73 bits per heavy atom. The van der Waals surface area contributed by atoms with Crippen molar-refractivity contribution in [3.63, 3.8) is 0 Å². The molecule has 0 saturated carbocycles. The minimum Gasteiger partial charge on any atom is -0.384 e. The number of hydrogen-bond donors (Lipinski definition) is 0. The van der Waals surface area contributed by atoms with Gasteiger partial charge in [0.2, 0.25) is 0 Å². The van der Waals surface area contributed by atoms with E-state index in [1.165, 1.54) is 18.6 Å². The summed E-state index contributed by atoms with van der Waals surface area (Å²) in [6, 6.07) is 0. The molecule has 2 heteroatoms. The molecule has 0 aliphatic carbocycles. The van der Waals surface area contributed by atoms with E-state index >= 15 is 0 Å². The van der Waals surface area contributed by atoms with Crippen LogP contribution in [0.25, 0.3) is 0 Å². The minimum absolute atomic E-state index is 0.793. The van der Waals surface area contributed by atoms with Crippen LogP contribution in [0.4, 0.5) is 0 Å². The summed E-state index contributed by atoms with van der Waals surface area (Å²) in [6.07, 6.45) is 3.39. The van der Waals surface area contributed by atoms with Crippen LogP contribution in [0.2, 0.25) is 0 Å². The highest BCUT2D eigenvalue weighted by molar-refractivity contribution is 5.81. The number of hydrogen-bond acceptors (Lipinski definition) is 2. The van der Waals surface area contributed by atoms with E-state index in [2.05, 4.69) is 18.8 Å². The predicted octanol–water partition coefficient (Wildman–Crippen LogP) is 2.28. The first-order chi connectivity index (χ1) is 5.31. The molecule has 66 valence electrons. The van der Waals surface area contributed by atoms with Gasteiger partial charge in [-0.25, -0.2) is 0 Å². The first-order valence-corrected chi connectivity index (χ1v) is 4.30. The molecule has 0 aromatic rings. The van der Waals surface area contributed by atoms with Gasteiger partial charge >= 0.3 is 0 Å². The molecule has 0 bridgehead atoms. The van der Waals surface area contributed by atoms with Crippen molar-refractivity contribution in [2.24, 2.45) is 4.99 Å². The number of aliphatic imine (C=N–C) groups is 1. The number of methoxy groups -OCH3 is 1. The van der Waals surface area contributed by atoms with Crippen molar-refractivity contribution in [2.75, 3.05) is 20.3 Å². The molecule has 0 heterocycles. The monoisotopic (exact) mass is 157 g/mol. The lowest BCUT2D eigenvalue weighted by Crippen LogP contribution is -1.99. The van der Waals surface area contributed by atoms with E-state index in [1.807, 2.05) is 0 Å². The van der Waals surface area contributed by atoms with Crippen LogP contribution in [-0.2, 0) is 4.74 Å². The standard InChI is InChI=1S/C9H19NO/c1-4-5-7-10-9(2)6-8-11-3/h4-8H2,1-3H3.